The summed E-state index contributed by atoms with van der Waals surface area (Å²) in [4.78, 5) is 20.1. The van der Waals surface area contributed by atoms with Crippen molar-refractivity contribution < 1.29 is 85.2 Å². The summed E-state index contributed by atoms with van der Waals surface area (Å²) in [5.74, 6) is -4.57. The lowest BCUT2D eigenvalue weighted by molar-refractivity contribution is 0.0693. The Morgan fingerprint density at radius 3 is 1.81 bits per heavy atom. The fourth-order valence-electron chi connectivity index (χ4n) is 8.10. The van der Waals surface area contributed by atoms with Crippen LogP contribution in [0.2, 0.25) is 0 Å². The highest BCUT2D eigenvalue weighted by molar-refractivity contribution is 7.91. The quantitative estimate of drug-likeness (QED) is 0.0268. The fourth-order valence-corrected chi connectivity index (χ4v) is 11.7. The smallest absolute Gasteiger partial charge is 0.339 e. The Morgan fingerprint density at radius 1 is 0.547 bits per heavy atom. The van der Waals surface area contributed by atoms with E-state index in [1.54, 1.807) is 0 Å². The maximum Gasteiger partial charge on any atom is 0.339 e. The molecule has 1 aromatic heterocycles. The SMILES string of the molecule is CCOc1cc(N=Nc2ccc(C)cc2S(=O)(=O)O)c2cc(S(=O)(=O)O)ccc2c1N=Nc1c(S(=O)(=O)O)cc2cc(S(=O)(=O)O)cc(Nc3nc(Nc4ccc(N=Nc5ccc(O)c(C(=O)O)c5)cc4)nc(S(=O)(=O)c4ccccc4)n3)c2c1O. The number of carboxylic acids is 1. The molecule has 0 aliphatic carbocycles. The first-order valence-electron chi connectivity index (χ1n) is 24.0. The zero-order chi connectivity index (χ0) is 62.3. The predicted molar refractivity (Wildman–Crippen MR) is 303 cm³/mol. The van der Waals surface area contributed by atoms with E-state index in [0.717, 1.165) is 42.5 Å². The number of anilines is 4. The summed E-state index contributed by atoms with van der Waals surface area (Å²) in [5.41, 5.74) is -2.22. The summed E-state index contributed by atoms with van der Waals surface area (Å²) in [6.07, 6.45) is 0. The lowest BCUT2D eigenvalue weighted by Gasteiger charge is -2.16. The van der Waals surface area contributed by atoms with E-state index in [4.69, 9.17) is 4.74 Å². The minimum atomic E-state index is -5.53. The number of hydrogen-bond donors (Lipinski definition) is 9. The molecule has 0 radical (unpaired) electrons. The van der Waals surface area contributed by atoms with Gasteiger partial charge in [-0.15, -0.1) is 20.5 Å². The average molecular weight is 1270 g/mol. The Labute approximate surface area is 485 Å². The number of benzene rings is 8. The van der Waals surface area contributed by atoms with Gasteiger partial charge in [-0.05, 0) is 122 Å². The molecule has 30 nitrogen and oxygen atoms in total. The van der Waals surface area contributed by atoms with Gasteiger partial charge >= 0.3 is 5.97 Å². The summed E-state index contributed by atoms with van der Waals surface area (Å²) in [6.45, 7) is 2.90. The second kappa shape index (κ2) is 23.3. The number of ether oxygens (including phenoxy) is 1. The highest BCUT2D eigenvalue weighted by atomic mass is 32.2. The first kappa shape index (κ1) is 60.7. The molecule has 442 valence electrons. The number of phenols is 2. The van der Waals surface area contributed by atoms with Crippen molar-refractivity contribution in [1.82, 2.24) is 15.0 Å². The van der Waals surface area contributed by atoms with Gasteiger partial charge in [0.15, 0.2) is 5.75 Å². The molecule has 9 N–H and O–H groups in total. The summed E-state index contributed by atoms with van der Waals surface area (Å²) < 4.78 is 176. The van der Waals surface area contributed by atoms with Gasteiger partial charge in [0, 0.05) is 27.9 Å². The van der Waals surface area contributed by atoms with Crippen molar-refractivity contribution >= 4 is 135 Å². The van der Waals surface area contributed by atoms with Gasteiger partial charge in [0.05, 0.1) is 44.0 Å². The Kier molecular flexibility index (Phi) is 16.5. The zero-order valence-corrected chi connectivity index (χ0v) is 47.6. The van der Waals surface area contributed by atoms with Gasteiger partial charge < -0.3 is 30.7 Å². The number of rotatable bonds is 19. The van der Waals surface area contributed by atoms with Gasteiger partial charge in [0.25, 0.3) is 45.6 Å². The van der Waals surface area contributed by atoms with E-state index in [1.807, 2.05) is 0 Å². The lowest BCUT2D eigenvalue weighted by Crippen LogP contribution is -2.13. The minimum absolute atomic E-state index is 0.0830. The Morgan fingerprint density at radius 2 is 1.17 bits per heavy atom. The molecule has 0 aliphatic heterocycles. The Bertz CT molecular complexity index is 4980. The van der Waals surface area contributed by atoms with E-state index in [-0.39, 0.29) is 62.1 Å². The first-order valence-corrected chi connectivity index (χ1v) is 31.2. The summed E-state index contributed by atoms with van der Waals surface area (Å²) in [5, 5.41) is 58.7. The van der Waals surface area contributed by atoms with Crippen molar-refractivity contribution in [3.8, 4) is 17.2 Å². The molecule has 0 amide bonds. The maximum atomic E-state index is 14.1. The summed E-state index contributed by atoms with van der Waals surface area (Å²) in [6, 6.07) is 25.8. The number of phenolic OH excluding ortho intramolecular Hbond substituents is 1. The number of aromatic carboxylic acids is 1. The zero-order valence-electron chi connectivity index (χ0n) is 43.5. The van der Waals surface area contributed by atoms with Crippen molar-refractivity contribution in [2.75, 3.05) is 17.2 Å². The molecule has 0 bridgehead atoms. The number of aryl methyl sites for hydroxylation is 1. The minimum Gasteiger partial charge on any atom is -0.507 e. The number of sulfone groups is 1. The van der Waals surface area contributed by atoms with Crippen LogP contribution in [0, 0.1) is 6.92 Å². The molecule has 9 rings (SSSR count). The van der Waals surface area contributed by atoms with Crippen LogP contribution in [0.15, 0.2) is 194 Å². The third-order valence-electron chi connectivity index (χ3n) is 12.0. The summed E-state index contributed by atoms with van der Waals surface area (Å²) in [7, 11) is -25.3. The Balaban J connectivity index is 1.19. The van der Waals surface area contributed by atoms with E-state index in [2.05, 4.69) is 56.3 Å². The number of aromatic hydroxyl groups is 2. The molecule has 86 heavy (non-hydrogen) atoms. The monoisotopic (exact) mass is 1270 g/mol. The van der Waals surface area contributed by atoms with Crippen molar-refractivity contribution in [1.29, 1.82) is 0 Å². The first-order chi connectivity index (χ1) is 40.4. The van der Waals surface area contributed by atoms with Crippen LogP contribution in [-0.4, -0.2) is 103 Å². The van der Waals surface area contributed by atoms with Gasteiger partial charge in [-0.2, -0.15) is 58.9 Å². The number of carbonyl (C=O) groups is 1. The predicted octanol–water partition coefficient (Wildman–Crippen LogP) is 10.5. The third-order valence-corrected chi connectivity index (χ3v) is 17.0. The lowest BCUT2D eigenvalue weighted by atomic mass is 10.1. The normalized spacial score (nSPS) is 12.6. The number of nitrogens with zero attached hydrogens (tertiary/aromatic N) is 9. The molecule has 1 heterocycles. The van der Waals surface area contributed by atoms with Crippen LogP contribution in [0.1, 0.15) is 22.8 Å². The molecule has 35 heteroatoms. The van der Waals surface area contributed by atoms with Crippen LogP contribution in [0.4, 0.5) is 57.4 Å². The average Bonchev–Trinajstić information content (AvgIpc) is 0.894. The summed E-state index contributed by atoms with van der Waals surface area (Å²) >= 11 is 0. The number of nitrogens with one attached hydrogen (secondary N) is 2. The van der Waals surface area contributed by atoms with E-state index in [1.165, 1.54) is 86.6 Å². The highest BCUT2D eigenvalue weighted by Crippen LogP contribution is 2.49. The number of aromatic nitrogens is 3. The largest absolute Gasteiger partial charge is 0.507 e. The van der Waals surface area contributed by atoms with Crippen molar-refractivity contribution in [2.45, 2.75) is 43.5 Å². The van der Waals surface area contributed by atoms with Gasteiger partial charge in [0.2, 0.25) is 21.7 Å². The molecule has 0 saturated carbocycles. The van der Waals surface area contributed by atoms with Gasteiger partial charge in [-0.1, -0.05) is 30.3 Å². The molecule has 0 unspecified atom stereocenters. The van der Waals surface area contributed by atoms with E-state index in [9.17, 15) is 80.4 Å². The molecule has 8 aromatic carbocycles. The second-order valence-electron chi connectivity index (χ2n) is 17.9. The van der Waals surface area contributed by atoms with Crippen LogP contribution < -0.4 is 15.4 Å². The van der Waals surface area contributed by atoms with Crippen LogP contribution in [0.3, 0.4) is 0 Å². The molecular formula is C51H39N11O19S5. The van der Waals surface area contributed by atoms with Crippen LogP contribution in [0.25, 0.3) is 21.5 Å². The van der Waals surface area contributed by atoms with E-state index < -0.39 is 132 Å². The van der Waals surface area contributed by atoms with E-state index in [0.29, 0.717) is 23.8 Å². The van der Waals surface area contributed by atoms with Crippen LogP contribution in [0.5, 0.6) is 17.2 Å². The molecule has 0 saturated heterocycles. The number of fused-ring (bicyclic) bond motifs is 2. The fraction of sp³-hybridized carbons (Fsp3) is 0.0588. The molecule has 0 atom stereocenters. The topological polar surface area (TPSA) is 475 Å². The number of carboxylic acid groups (broad SMARTS) is 1. The van der Waals surface area contributed by atoms with Gasteiger partial charge in [-0.3, -0.25) is 18.2 Å². The van der Waals surface area contributed by atoms with Crippen molar-refractivity contribution in [2.24, 2.45) is 30.7 Å². The number of azo groups is 3. The van der Waals surface area contributed by atoms with E-state index >= 15 is 0 Å². The molecule has 9 aromatic rings. The Hall–Kier alpha value is -9.85. The molecule has 0 fully saturated rings. The van der Waals surface area contributed by atoms with Gasteiger partial charge in [0.1, 0.15) is 43.9 Å². The maximum absolute atomic E-state index is 14.1. The van der Waals surface area contributed by atoms with Crippen LogP contribution >= 0.6 is 0 Å². The highest BCUT2D eigenvalue weighted by Gasteiger charge is 2.29. The molecule has 0 aliphatic rings. The standard InChI is InChI=1S/C51H39N11O19S5/c1-3-81-41-25-38(60-59-37-17-9-26(2)19-42(37)85(75,76)77)35-23-32(83(69,70)71)15-16-34(35)45(41)61-62-46-43(86(78,79)80)21-27-20-33(84(72,73)74)24-39(44(27)47(46)64)53-50-54-49(55-51(56-50)82(67,68)31-7-5-4-6-8-31)52-28-10-12-29(13-11-28)57-58-30-14-18-40(63)36(22-30)48(65)66/h4-25,63-64H,3H2,1-2H3,(H,65,66)(H,69,70,71)(H,72,73,74)(H,75,76,77)(H,78,79,80)(H2,52,53,54,55,56). The number of hydrogen-bond acceptors (Lipinski definition) is 25. The third kappa shape index (κ3) is 13.2. The van der Waals surface area contributed by atoms with Crippen molar-refractivity contribution in [3.05, 3.63) is 145 Å². The molecule has 0 spiro atoms. The van der Waals surface area contributed by atoms with Gasteiger partial charge in [-0.25, -0.2) is 13.2 Å². The van der Waals surface area contributed by atoms with Crippen LogP contribution in [-0.2, 0) is 50.3 Å². The molecular weight excluding hydrogens is 1230 g/mol. The second-order valence-corrected chi connectivity index (χ2v) is 25.3. The van der Waals surface area contributed by atoms with Crippen molar-refractivity contribution in [3.63, 3.8) is 0 Å².